The number of likely N-dealkylation sites (tertiary alicyclic amines) is 1. The highest BCUT2D eigenvalue weighted by molar-refractivity contribution is 5.21. The van der Waals surface area contributed by atoms with E-state index in [4.69, 9.17) is 0 Å². The summed E-state index contributed by atoms with van der Waals surface area (Å²) in [7, 11) is 0. The maximum atomic E-state index is 3.73. The molecule has 1 aliphatic heterocycles. The van der Waals surface area contributed by atoms with E-state index in [2.05, 4.69) is 68.2 Å². The molecule has 1 saturated heterocycles. The molecule has 0 amide bonds. The second-order valence-electron chi connectivity index (χ2n) is 7.16. The van der Waals surface area contributed by atoms with Crippen LogP contribution in [-0.4, -0.2) is 30.6 Å². The summed E-state index contributed by atoms with van der Waals surface area (Å²) >= 11 is 0. The molecule has 1 aromatic rings. The Morgan fingerprint density at radius 2 is 1.90 bits per heavy atom. The van der Waals surface area contributed by atoms with Crippen molar-refractivity contribution in [2.75, 3.05) is 19.6 Å². The lowest BCUT2D eigenvalue weighted by molar-refractivity contribution is 0.0586. The van der Waals surface area contributed by atoms with Gasteiger partial charge in [0.25, 0.3) is 0 Å². The van der Waals surface area contributed by atoms with Gasteiger partial charge in [0.1, 0.15) is 0 Å². The monoisotopic (exact) mass is 288 g/mol. The molecule has 2 rings (SSSR count). The van der Waals surface area contributed by atoms with Crippen molar-refractivity contribution >= 4 is 0 Å². The quantitative estimate of drug-likeness (QED) is 0.842. The van der Waals surface area contributed by atoms with Crippen LogP contribution in [0.25, 0.3) is 0 Å². The van der Waals surface area contributed by atoms with Gasteiger partial charge in [-0.2, -0.15) is 0 Å². The molecule has 2 heteroatoms. The van der Waals surface area contributed by atoms with E-state index in [1.165, 1.54) is 37.9 Å². The van der Waals surface area contributed by atoms with Crippen LogP contribution in [0, 0.1) is 5.41 Å². The summed E-state index contributed by atoms with van der Waals surface area (Å²) in [6.45, 7) is 12.9. The predicted octanol–water partition coefficient (Wildman–Crippen LogP) is 4.24. The van der Waals surface area contributed by atoms with Gasteiger partial charge in [0.15, 0.2) is 0 Å². The molecule has 1 aromatic carbocycles. The van der Waals surface area contributed by atoms with Crippen LogP contribution in [0.1, 0.15) is 58.6 Å². The third-order valence-corrected chi connectivity index (χ3v) is 4.78. The fourth-order valence-electron chi connectivity index (χ4n) is 3.81. The van der Waals surface area contributed by atoms with Crippen molar-refractivity contribution in [1.82, 2.24) is 10.2 Å². The van der Waals surface area contributed by atoms with Crippen molar-refractivity contribution in [3.63, 3.8) is 0 Å². The zero-order chi connectivity index (χ0) is 15.3. The Kier molecular flexibility index (Phi) is 5.83. The highest BCUT2D eigenvalue weighted by Gasteiger charge is 2.33. The van der Waals surface area contributed by atoms with Gasteiger partial charge in [0, 0.05) is 18.6 Å². The van der Waals surface area contributed by atoms with Gasteiger partial charge in [-0.25, -0.2) is 0 Å². The summed E-state index contributed by atoms with van der Waals surface area (Å²) < 4.78 is 0. The Balaban J connectivity index is 2.19. The molecule has 0 radical (unpaired) electrons. The van der Waals surface area contributed by atoms with Gasteiger partial charge in [0.05, 0.1) is 0 Å². The summed E-state index contributed by atoms with van der Waals surface area (Å²) in [4.78, 5) is 2.73. The lowest BCUT2D eigenvalue weighted by atomic mass is 9.82. The van der Waals surface area contributed by atoms with Crippen molar-refractivity contribution in [3.05, 3.63) is 35.9 Å². The molecular weight excluding hydrogens is 256 g/mol. The topological polar surface area (TPSA) is 15.3 Å². The maximum absolute atomic E-state index is 3.73. The van der Waals surface area contributed by atoms with Crippen molar-refractivity contribution in [2.45, 2.75) is 59.0 Å². The first kappa shape index (κ1) is 16.5. The molecular formula is C19H32N2. The fraction of sp³-hybridized carbons (Fsp3) is 0.684. The second-order valence-corrected chi connectivity index (χ2v) is 7.16. The van der Waals surface area contributed by atoms with Crippen LogP contribution in [0.4, 0.5) is 0 Å². The maximum Gasteiger partial charge on any atom is 0.0477 e. The molecule has 118 valence electrons. The molecule has 0 aliphatic carbocycles. The first-order valence-corrected chi connectivity index (χ1v) is 8.60. The number of likely N-dealkylation sites (N-methyl/N-ethyl adjacent to an activating group) is 1. The van der Waals surface area contributed by atoms with E-state index in [9.17, 15) is 0 Å². The molecule has 0 spiro atoms. The number of hydrogen-bond donors (Lipinski definition) is 1. The van der Waals surface area contributed by atoms with E-state index in [0.29, 0.717) is 17.5 Å². The zero-order valence-electron chi connectivity index (χ0n) is 14.2. The number of benzene rings is 1. The first-order valence-electron chi connectivity index (χ1n) is 8.60. The van der Waals surface area contributed by atoms with Crippen molar-refractivity contribution < 1.29 is 0 Å². The van der Waals surface area contributed by atoms with Gasteiger partial charge < -0.3 is 5.32 Å². The van der Waals surface area contributed by atoms with Gasteiger partial charge in [-0.3, -0.25) is 4.90 Å². The molecule has 2 unspecified atom stereocenters. The van der Waals surface area contributed by atoms with Gasteiger partial charge >= 0.3 is 0 Å². The summed E-state index contributed by atoms with van der Waals surface area (Å²) in [6, 6.07) is 12.0. The molecule has 1 N–H and O–H groups in total. The number of hydrogen-bond acceptors (Lipinski definition) is 2. The average molecular weight is 288 g/mol. The Hall–Kier alpha value is -0.860. The zero-order valence-corrected chi connectivity index (χ0v) is 14.2. The molecule has 0 bridgehead atoms. The smallest absolute Gasteiger partial charge is 0.0477 e. The Morgan fingerprint density at radius 1 is 1.19 bits per heavy atom. The van der Waals surface area contributed by atoms with Gasteiger partial charge in [-0.1, -0.05) is 58.0 Å². The lowest BCUT2D eigenvalue weighted by Crippen LogP contribution is -2.50. The van der Waals surface area contributed by atoms with Crippen LogP contribution in [0.2, 0.25) is 0 Å². The largest absolute Gasteiger partial charge is 0.309 e. The third kappa shape index (κ3) is 4.31. The minimum atomic E-state index is 0.440. The minimum Gasteiger partial charge on any atom is -0.309 e. The predicted molar refractivity (Wildman–Crippen MR) is 91.5 cm³/mol. The van der Waals surface area contributed by atoms with Crippen molar-refractivity contribution in [3.8, 4) is 0 Å². The number of nitrogens with zero attached hydrogens (tertiary/aromatic N) is 1. The molecule has 21 heavy (non-hydrogen) atoms. The average Bonchev–Trinajstić information content (AvgIpc) is 2.47. The Labute approximate surface area is 130 Å². The number of rotatable bonds is 6. The SMILES string of the molecule is CCNC(c1ccccc1)C(CC)N1CCCC(C)(C)C1. The van der Waals surface area contributed by atoms with Crippen LogP contribution < -0.4 is 5.32 Å². The van der Waals surface area contributed by atoms with Gasteiger partial charge in [-0.15, -0.1) is 0 Å². The summed E-state index contributed by atoms with van der Waals surface area (Å²) in [5.41, 5.74) is 1.88. The summed E-state index contributed by atoms with van der Waals surface area (Å²) in [5, 5.41) is 3.73. The van der Waals surface area contributed by atoms with E-state index in [1.54, 1.807) is 0 Å². The Morgan fingerprint density at radius 3 is 2.48 bits per heavy atom. The highest BCUT2D eigenvalue weighted by atomic mass is 15.2. The van der Waals surface area contributed by atoms with Crippen LogP contribution in [0.3, 0.4) is 0 Å². The van der Waals surface area contributed by atoms with Gasteiger partial charge in [0.2, 0.25) is 0 Å². The minimum absolute atomic E-state index is 0.440. The van der Waals surface area contributed by atoms with E-state index in [1.807, 2.05) is 0 Å². The van der Waals surface area contributed by atoms with Crippen molar-refractivity contribution in [2.24, 2.45) is 5.41 Å². The molecule has 2 nitrogen and oxygen atoms in total. The van der Waals surface area contributed by atoms with Crippen LogP contribution >= 0.6 is 0 Å². The first-order chi connectivity index (χ1) is 10.1. The lowest BCUT2D eigenvalue weighted by Gasteiger charge is -2.45. The molecule has 0 aromatic heterocycles. The second kappa shape index (κ2) is 7.42. The molecule has 1 fully saturated rings. The van der Waals surface area contributed by atoms with Crippen LogP contribution in [0.15, 0.2) is 30.3 Å². The standard InChI is InChI=1S/C19H32N2/c1-5-17(21-14-10-13-19(3,4)15-21)18(20-6-2)16-11-8-7-9-12-16/h7-9,11-12,17-18,20H,5-6,10,13-15H2,1-4H3. The van der Waals surface area contributed by atoms with E-state index in [-0.39, 0.29) is 0 Å². The summed E-state index contributed by atoms with van der Waals surface area (Å²) in [5.74, 6) is 0. The number of nitrogens with one attached hydrogen (secondary N) is 1. The summed E-state index contributed by atoms with van der Waals surface area (Å²) in [6.07, 6.45) is 3.89. The third-order valence-electron chi connectivity index (χ3n) is 4.78. The van der Waals surface area contributed by atoms with E-state index in [0.717, 1.165) is 6.54 Å². The normalized spacial score (nSPS) is 21.9. The van der Waals surface area contributed by atoms with Crippen molar-refractivity contribution in [1.29, 1.82) is 0 Å². The molecule has 1 aliphatic rings. The van der Waals surface area contributed by atoms with Gasteiger partial charge in [-0.05, 0) is 43.3 Å². The van der Waals surface area contributed by atoms with Crippen LogP contribution in [0.5, 0.6) is 0 Å². The highest BCUT2D eigenvalue weighted by Crippen LogP contribution is 2.33. The number of piperidine rings is 1. The van der Waals surface area contributed by atoms with E-state index >= 15 is 0 Å². The fourth-order valence-corrected chi connectivity index (χ4v) is 3.81. The van der Waals surface area contributed by atoms with Crippen LogP contribution in [-0.2, 0) is 0 Å². The molecule has 2 atom stereocenters. The van der Waals surface area contributed by atoms with E-state index < -0.39 is 0 Å². The molecule has 1 heterocycles. The molecule has 0 saturated carbocycles. The Bertz CT molecular complexity index is 413.